The SMILES string of the molecule is CC(CCO)NC(=O)Cc1ccc(OCC#N)cc1. The van der Waals surface area contributed by atoms with E-state index in [0.29, 0.717) is 12.2 Å². The molecule has 0 spiro atoms. The molecule has 5 nitrogen and oxygen atoms in total. The molecule has 1 unspecified atom stereocenters. The van der Waals surface area contributed by atoms with E-state index in [4.69, 9.17) is 15.1 Å². The normalized spacial score (nSPS) is 11.4. The van der Waals surface area contributed by atoms with Crippen molar-refractivity contribution in [3.05, 3.63) is 29.8 Å². The second kappa shape index (κ2) is 8.11. The first-order valence-corrected chi connectivity index (χ1v) is 6.14. The molecule has 1 aromatic rings. The minimum atomic E-state index is -0.0772. The summed E-state index contributed by atoms with van der Waals surface area (Å²) >= 11 is 0. The summed E-state index contributed by atoms with van der Waals surface area (Å²) in [7, 11) is 0. The molecule has 1 amide bonds. The van der Waals surface area contributed by atoms with Crippen LogP contribution in [0.3, 0.4) is 0 Å². The van der Waals surface area contributed by atoms with Gasteiger partial charge >= 0.3 is 0 Å². The molecule has 1 rings (SSSR count). The molecule has 1 atom stereocenters. The summed E-state index contributed by atoms with van der Waals surface area (Å²) in [5.74, 6) is 0.533. The summed E-state index contributed by atoms with van der Waals surface area (Å²) in [6, 6.07) is 8.91. The Bertz CT molecular complexity index is 437. The predicted molar refractivity (Wildman–Crippen MR) is 70.6 cm³/mol. The molecule has 0 aliphatic carbocycles. The van der Waals surface area contributed by atoms with Gasteiger partial charge in [-0.3, -0.25) is 4.79 Å². The van der Waals surface area contributed by atoms with Crippen molar-refractivity contribution in [1.29, 1.82) is 5.26 Å². The van der Waals surface area contributed by atoms with Gasteiger partial charge in [0.25, 0.3) is 0 Å². The van der Waals surface area contributed by atoms with Crippen molar-refractivity contribution in [2.75, 3.05) is 13.2 Å². The molecule has 102 valence electrons. The Morgan fingerprint density at radius 2 is 2.16 bits per heavy atom. The van der Waals surface area contributed by atoms with Crippen LogP contribution in [0.15, 0.2) is 24.3 Å². The lowest BCUT2D eigenvalue weighted by molar-refractivity contribution is -0.121. The van der Waals surface area contributed by atoms with Gasteiger partial charge in [-0.2, -0.15) is 5.26 Å². The first-order valence-electron chi connectivity index (χ1n) is 6.14. The van der Waals surface area contributed by atoms with Crippen LogP contribution in [0.25, 0.3) is 0 Å². The fourth-order valence-electron chi connectivity index (χ4n) is 1.60. The van der Waals surface area contributed by atoms with Crippen LogP contribution in [0, 0.1) is 11.3 Å². The Kier molecular flexibility index (Phi) is 6.41. The molecule has 5 heteroatoms. The topological polar surface area (TPSA) is 82.3 Å². The van der Waals surface area contributed by atoms with Crippen molar-refractivity contribution in [2.24, 2.45) is 0 Å². The fourth-order valence-corrected chi connectivity index (χ4v) is 1.60. The van der Waals surface area contributed by atoms with Crippen LogP contribution in [0.1, 0.15) is 18.9 Å². The summed E-state index contributed by atoms with van der Waals surface area (Å²) in [5, 5.41) is 19.9. The molecule has 2 N–H and O–H groups in total. The van der Waals surface area contributed by atoms with Crippen LogP contribution in [-0.4, -0.2) is 30.3 Å². The second-order valence-corrected chi connectivity index (χ2v) is 4.25. The number of nitrogens with zero attached hydrogens (tertiary/aromatic N) is 1. The lowest BCUT2D eigenvalue weighted by Crippen LogP contribution is -2.34. The molecular weight excluding hydrogens is 244 g/mol. The Morgan fingerprint density at radius 1 is 1.47 bits per heavy atom. The van der Waals surface area contributed by atoms with Crippen molar-refractivity contribution in [3.8, 4) is 11.8 Å². The number of aliphatic hydroxyl groups excluding tert-OH is 1. The Labute approximate surface area is 112 Å². The Balaban J connectivity index is 2.44. The molecule has 0 aliphatic rings. The van der Waals surface area contributed by atoms with Crippen molar-refractivity contribution in [3.63, 3.8) is 0 Å². The molecule has 0 aliphatic heterocycles. The Hall–Kier alpha value is -2.06. The number of amides is 1. The van der Waals surface area contributed by atoms with Crippen LogP contribution in [-0.2, 0) is 11.2 Å². The van der Waals surface area contributed by atoms with Gasteiger partial charge in [0.1, 0.15) is 11.8 Å². The van der Waals surface area contributed by atoms with Crippen molar-refractivity contribution in [1.82, 2.24) is 5.32 Å². The van der Waals surface area contributed by atoms with E-state index >= 15 is 0 Å². The zero-order chi connectivity index (χ0) is 14.1. The lowest BCUT2D eigenvalue weighted by atomic mass is 10.1. The van der Waals surface area contributed by atoms with E-state index < -0.39 is 0 Å². The summed E-state index contributed by atoms with van der Waals surface area (Å²) in [6.07, 6.45) is 0.834. The highest BCUT2D eigenvalue weighted by Gasteiger charge is 2.07. The second-order valence-electron chi connectivity index (χ2n) is 4.25. The van der Waals surface area contributed by atoms with E-state index in [1.165, 1.54) is 0 Å². The van der Waals surface area contributed by atoms with Gasteiger partial charge in [-0.15, -0.1) is 0 Å². The molecule has 0 heterocycles. The number of rotatable bonds is 7. The molecule has 0 saturated heterocycles. The van der Waals surface area contributed by atoms with Crippen LogP contribution in [0.4, 0.5) is 0 Å². The minimum absolute atomic E-state index is 0.0124. The number of nitrogens with one attached hydrogen (secondary N) is 1. The smallest absolute Gasteiger partial charge is 0.224 e. The van der Waals surface area contributed by atoms with E-state index in [0.717, 1.165) is 5.56 Å². The molecular formula is C14H18N2O3. The van der Waals surface area contributed by atoms with Gasteiger partial charge in [-0.1, -0.05) is 12.1 Å². The summed E-state index contributed by atoms with van der Waals surface area (Å²) in [5.41, 5.74) is 0.873. The van der Waals surface area contributed by atoms with Crippen LogP contribution in [0.2, 0.25) is 0 Å². The van der Waals surface area contributed by atoms with E-state index in [9.17, 15) is 4.79 Å². The molecule has 0 bridgehead atoms. The maximum atomic E-state index is 11.7. The van der Waals surface area contributed by atoms with Crippen LogP contribution >= 0.6 is 0 Å². The largest absolute Gasteiger partial charge is 0.479 e. The number of ether oxygens (including phenoxy) is 1. The first-order chi connectivity index (χ1) is 9.15. The molecule has 0 fully saturated rings. The van der Waals surface area contributed by atoms with Crippen molar-refractivity contribution >= 4 is 5.91 Å². The van der Waals surface area contributed by atoms with Crippen molar-refractivity contribution in [2.45, 2.75) is 25.8 Å². The van der Waals surface area contributed by atoms with Gasteiger partial charge in [0.05, 0.1) is 6.42 Å². The maximum absolute atomic E-state index is 11.7. The third-order valence-corrected chi connectivity index (χ3v) is 2.56. The highest BCUT2D eigenvalue weighted by atomic mass is 16.5. The number of hydrogen-bond acceptors (Lipinski definition) is 4. The highest BCUT2D eigenvalue weighted by Crippen LogP contribution is 2.12. The summed E-state index contributed by atoms with van der Waals surface area (Å²) in [6.45, 7) is 1.93. The lowest BCUT2D eigenvalue weighted by Gasteiger charge is -2.12. The first kappa shape index (κ1) is 15.0. The van der Waals surface area contributed by atoms with Gasteiger partial charge in [0, 0.05) is 12.6 Å². The van der Waals surface area contributed by atoms with Crippen LogP contribution < -0.4 is 10.1 Å². The monoisotopic (exact) mass is 262 g/mol. The van der Waals surface area contributed by atoms with Crippen LogP contribution in [0.5, 0.6) is 5.75 Å². The van der Waals surface area contributed by atoms with Gasteiger partial charge in [-0.25, -0.2) is 0 Å². The quantitative estimate of drug-likeness (QED) is 0.768. The van der Waals surface area contributed by atoms with Gasteiger partial charge in [0.15, 0.2) is 6.61 Å². The third kappa shape index (κ3) is 5.89. The number of benzene rings is 1. The number of carbonyl (C=O) groups is 1. The number of hydrogen-bond donors (Lipinski definition) is 2. The van der Waals surface area contributed by atoms with E-state index in [1.54, 1.807) is 24.3 Å². The average Bonchev–Trinajstić information content (AvgIpc) is 2.38. The van der Waals surface area contributed by atoms with E-state index in [-0.39, 0.29) is 31.6 Å². The molecule has 0 saturated carbocycles. The summed E-state index contributed by atoms with van der Waals surface area (Å²) in [4.78, 5) is 11.7. The number of aliphatic hydroxyl groups is 1. The molecule has 19 heavy (non-hydrogen) atoms. The molecule has 0 radical (unpaired) electrons. The van der Waals surface area contributed by atoms with Gasteiger partial charge in [0.2, 0.25) is 5.91 Å². The number of carbonyl (C=O) groups excluding carboxylic acids is 1. The summed E-state index contributed by atoms with van der Waals surface area (Å²) < 4.78 is 5.12. The van der Waals surface area contributed by atoms with Gasteiger partial charge < -0.3 is 15.2 Å². The van der Waals surface area contributed by atoms with Crippen molar-refractivity contribution < 1.29 is 14.6 Å². The zero-order valence-electron chi connectivity index (χ0n) is 10.9. The average molecular weight is 262 g/mol. The molecule has 0 aromatic heterocycles. The molecule has 1 aromatic carbocycles. The van der Waals surface area contributed by atoms with E-state index in [2.05, 4.69) is 5.32 Å². The maximum Gasteiger partial charge on any atom is 0.224 e. The van der Waals surface area contributed by atoms with E-state index in [1.807, 2.05) is 13.0 Å². The fraction of sp³-hybridized carbons (Fsp3) is 0.429. The predicted octanol–water partition coefficient (Wildman–Crippen LogP) is 1.02. The Morgan fingerprint density at radius 3 is 2.74 bits per heavy atom. The minimum Gasteiger partial charge on any atom is -0.479 e. The third-order valence-electron chi connectivity index (χ3n) is 2.56. The van der Waals surface area contributed by atoms with Gasteiger partial charge in [-0.05, 0) is 31.0 Å². The highest BCUT2D eigenvalue weighted by molar-refractivity contribution is 5.78. The standard InChI is InChI=1S/C14H18N2O3/c1-11(6-8-17)16-14(18)10-12-2-4-13(5-3-12)19-9-7-15/h2-5,11,17H,6,8-10H2,1H3,(H,16,18). The zero-order valence-corrected chi connectivity index (χ0v) is 10.9. The number of nitriles is 1.